The van der Waals surface area contributed by atoms with Gasteiger partial charge in [-0.05, 0) is 31.4 Å². The lowest BCUT2D eigenvalue weighted by Gasteiger charge is -2.32. The van der Waals surface area contributed by atoms with Crippen LogP contribution >= 0.6 is 0 Å². The molecule has 120 valence electrons. The van der Waals surface area contributed by atoms with Crippen molar-refractivity contribution in [3.05, 3.63) is 35.9 Å². The average molecular weight is 304 g/mol. The summed E-state index contributed by atoms with van der Waals surface area (Å²) < 4.78 is 11.4. The number of piperidine rings is 1. The highest BCUT2D eigenvalue weighted by Crippen LogP contribution is 2.18. The lowest BCUT2D eigenvalue weighted by atomic mass is 10.1. The van der Waals surface area contributed by atoms with Gasteiger partial charge in [-0.25, -0.2) is 4.79 Å². The smallest absolute Gasteiger partial charge is 0.410 e. The first-order chi connectivity index (χ1) is 10.8. The number of carbonyl (C=O) groups is 1. The molecule has 1 amide bonds. The Morgan fingerprint density at radius 2 is 1.91 bits per heavy atom. The number of nitrogens with one attached hydrogen (secondary N) is 1. The minimum absolute atomic E-state index is 0.218. The topological polar surface area (TPSA) is 50.8 Å². The van der Waals surface area contributed by atoms with E-state index in [9.17, 15) is 4.79 Å². The largest absolute Gasteiger partial charge is 0.445 e. The van der Waals surface area contributed by atoms with Crippen LogP contribution < -0.4 is 5.32 Å². The highest BCUT2D eigenvalue weighted by Gasteiger charge is 2.27. The maximum absolute atomic E-state index is 12.1. The zero-order valence-electron chi connectivity index (χ0n) is 12.9. The molecule has 0 saturated carbocycles. The number of rotatable bonds is 4. The molecule has 2 aliphatic heterocycles. The molecular formula is C17H24N2O3. The second kappa shape index (κ2) is 7.61. The van der Waals surface area contributed by atoms with Gasteiger partial charge in [0.05, 0.1) is 12.2 Å². The summed E-state index contributed by atoms with van der Waals surface area (Å²) in [5.74, 6) is 0. The molecule has 2 fully saturated rings. The van der Waals surface area contributed by atoms with Crippen LogP contribution in [0, 0.1) is 0 Å². The first kappa shape index (κ1) is 15.3. The van der Waals surface area contributed by atoms with E-state index in [4.69, 9.17) is 9.47 Å². The van der Waals surface area contributed by atoms with Gasteiger partial charge in [0.15, 0.2) is 0 Å². The molecule has 1 aromatic carbocycles. The number of hydrogen-bond acceptors (Lipinski definition) is 4. The van der Waals surface area contributed by atoms with E-state index < -0.39 is 0 Å². The molecule has 2 aliphatic rings. The van der Waals surface area contributed by atoms with Crippen LogP contribution in [0.15, 0.2) is 30.3 Å². The molecule has 1 aromatic rings. The fraction of sp³-hybridized carbons (Fsp3) is 0.588. The number of likely N-dealkylation sites (tertiary alicyclic amines) is 1. The van der Waals surface area contributed by atoms with Crippen molar-refractivity contribution in [1.29, 1.82) is 0 Å². The van der Waals surface area contributed by atoms with E-state index in [-0.39, 0.29) is 12.2 Å². The molecule has 22 heavy (non-hydrogen) atoms. The van der Waals surface area contributed by atoms with E-state index >= 15 is 0 Å². The standard InChI is InChI=1S/C17H24N2O3/c20-17(21-13-14-4-2-1-3-5-14)19-10-7-15(8-11-19)22-16-6-9-18-12-16/h1-5,15-16,18H,6-13H2/t16-/m1/s1. The van der Waals surface area contributed by atoms with Gasteiger partial charge in [0.25, 0.3) is 0 Å². The molecule has 2 heterocycles. The van der Waals surface area contributed by atoms with Crippen LogP contribution in [-0.4, -0.2) is 49.4 Å². The van der Waals surface area contributed by atoms with Gasteiger partial charge in [0.1, 0.15) is 6.61 Å². The van der Waals surface area contributed by atoms with Crippen molar-refractivity contribution in [2.24, 2.45) is 0 Å². The Hall–Kier alpha value is -1.59. The van der Waals surface area contributed by atoms with Gasteiger partial charge < -0.3 is 19.7 Å². The lowest BCUT2D eigenvalue weighted by molar-refractivity contribution is -0.0330. The third kappa shape index (κ3) is 4.21. The molecule has 2 saturated heterocycles. The number of carbonyl (C=O) groups excluding carboxylic acids is 1. The van der Waals surface area contributed by atoms with E-state index in [1.54, 1.807) is 4.90 Å². The van der Waals surface area contributed by atoms with Crippen LogP contribution in [0.4, 0.5) is 4.79 Å². The highest BCUT2D eigenvalue weighted by molar-refractivity contribution is 5.67. The van der Waals surface area contributed by atoms with Crippen LogP contribution in [-0.2, 0) is 16.1 Å². The predicted molar refractivity (Wildman–Crippen MR) is 83.6 cm³/mol. The Morgan fingerprint density at radius 3 is 2.59 bits per heavy atom. The molecule has 0 unspecified atom stereocenters. The van der Waals surface area contributed by atoms with Gasteiger partial charge >= 0.3 is 6.09 Å². The van der Waals surface area contributed by atoms with Gasteiger partial charge in [0.2, 0.25) is 0 Å². The van der Waals surface area contributed by atoms with E-state index in [0.29, 0.717) is 12.7 Å². The van der Waals surface area contributed by atoms with Crippen molar-refractivity contribution in [2.45, 2.75) is 38.1 Å². The minimum atomic E-state index is -0.218. The van der Waals surface area contributed by atoms with Crippen LogP contribution in [0.1, 0.15) is 24.8 Å². The van der Waals surface area contributed by atoms with Gasteiger partial charge in [-0.15, -0.1) is 0 Å². The van der Waals surface area contributed by atoms with Gasteiger partial charge in [-0.1, -0.05) is 30.3 Å². The molecule has 0 spiro atoms. The zero-order chi connectivity index (χ0) is 15.2. The van der Waals surface area contributed by atoms with Crippen molar-refractivity contribution in [2.75, 3.05) is 26.2 Å². The number of benzene rings is 1. The summed E-state index contributed by atoms with van der Waals surface area (Å²) >= 11 is 0. The normalized spacial score (nSPS) is 22.7. The first-order valence-corrected chi connectivity index (χ1v) is 8.13. The third-order valence-corrected chi connectivity index (χ3v) is 4.31. The van der Waals surface area contributed by atoms with E-state index in [2.05, 4.69) is 5.32 Å². The summed E-state index contributed by atoms with van der Waals surface area (Å²) in [5.41, 5.74) is 1.02. The highest BCUT2D eigenvalue weighted by atomic mass is 16.6. The number of hydrogen-bond donors (Lipinski definition) is 1. The van der Waals surface area contributed by atoms with E-state index in [1.807, 2.05) is 30.3 Å². The van der Waals surface area contributed by atoms with Crippen LogP contribution in [0.3, 0.4) is 0 Å². The SMILES string of the molecule is O=C(OCc1ccccc1)N1CCC(O[C@@H]2CCNC2)CC1. The van der Waals surface area contributed by atoms with Crippen LogP contribution in [0.25, 0.3) is 0 Å². The molecule has 5 heteroatoms. The quantitative estimate of drug-likeness (QED) is 0.926. The third-order valence-electron chi connectivity index (χ3n) is 4.31. The Bertz CT molecular complexity index is 466. The zero-order valence-corrected chi connectivity index (χ0v) is 12.9. The second-order valence-corrected chi connectivity index (χ2v) is 5.98. The maximum Gasteiger partial charge on any atom is 0.410 e. The molecule has 1 N–H and O–H groups in total. The molecule has 0 bridgehead atoms. The summed E-state index contributed by atoms with van der Waals surface area (Å²) in [4.78, 5) is 13.9. The minimum Gasteiger partial charge on any atom is -0.445 e. The Labute approximate surface area is 131 Å². The van der Waals surface area contributed by atoms with E-state index in [0.717, 1.165) is 51.0 Å². The Morgan fingerprint density at radius 1 is 1.14 bits per heavy atom. The van der Waals surface area contributed by atoms with Crippen molar-refractivity contribution in [1.82, 2.24) is 10.2 Å². The van der Waals surface area contributed by atoms with Crippen molar-refractivity contribution >= 4 is 6.09 Å². The number of nitrogens with zero attached hydrogens (tertiary/aromatic N) is 1. The molecule has 0 aromatic heterocycles. The van der Waals surface area contributed by atoms with Crippen molar-refractivity contribution in [3.8, 4) is 0 Å². The molecule has 1 atom stereocenters. The summed E-state index contributed by atoms with van der Waals surface area (Å²) in [5, 5.41) is 3.31. The van der Waals surface area contributed by atoms with Gasteiger partial charge in [-0.3, -0.25) is 0 Å². The fourth-order valence-electron chi connectivity index (χ4n) is 3.00. The molecular weight excluding hydrogens is 280 g/mol. The molecule has 5 nitrogen and oxygen atoms in total. The summed E-state index contributed by atoms with van der Waals surface area (Å²) in [6, 6.07) is 9.77. The summed E-state index contributed by atoms with van der Waals surface area (Å²) in [7, 11) is 0. The predicted octanol–water partition coefficient (Wildman–Crippen LogP) is 2.17. The summed E-state index contributed by atoms with van der Waals surface area (Å²) in [6.07, 6.45) is 3.31. The number of amides is 1. The van der Waals surface area contributed by atoms with Crippen molar-refractivity contribution in [3.63, 3.8) is 0 Å². The van der Waals surface area contributed by atoms with E-state index in [1.165, 1.54) is 0 Å². The Kier molecular flexibility index (Phi) is 5.29. The second-order valence-electron chi connectivity index (χ2n) is 5.98. The van der Waals surface area contributed by atoms with Crippen LogP contribution in [0.2, 0.25) is 0 Å². The molecule has 3 rings (SSSR count). The fourth-order valence-corrected chi connectivity index (χ4v) is 3.00. The Balaban J connectivity index is 1.38. The van der Waals surface area contributed by atoms with Gasteiger partial charge in [0, 0.05) is 19.6 Å². The average Bonchev–Trinajstić information content (AvgIpc) is 3.07. The van der Waals surface area contributed by atoms with Crippen LogP contribution in [0.5, 0.6) is 0 Å². The summed E-state index contributed by atoms with van der Waals surface area (Å²) in [6.45, 7) is 3.79. The molecule has 0 radical (unpaired) electrons. The first-order valence-electron chi connectivity index (χ1n) is 8.13. The monoisotopic (exact) mass is 304 g/mol. The lowest BCUT2D eigenvalue weighted by Crippen LogP contribution is -2.42. The maximum atomic E-state index is 12.1. The number of ether oxygens (including phenoxy) is 2. The van der Waals surface area contributed by atoms with Crippen molar-refractivity contribution < 1.29 is 14.3 Å². The molecule has 0 aliphatic carbocycles. The van der Waals surface area contributed by atoms with Gasteiger partial charge in [-0.2, -0.15) is 0 Å².